The first-order valence-corrected chi connectivity index (χ1v) is 15.4. The van der Waals surface area contributed by atoms with E-state index in [0.29, 0.717) is 41.4 Å². The fourth-order valence-electron chi connectivity index (χ4n) is 5.62. The van der Waals surface area contributed by atoms with Crippen LogP contribution in [0.4, 0.5) is 0 Å². The van der Waals surface area contributed by atoms with Gasteiger partial charge in [0, 0.05) is 21.8 Å². The Morgan fingerprint density at radius 2 is 1.62 bits per heavy atom. The average Bonchev–Trinajstić information content (AvgIpc) is 3.49. The van der Waals surface area contributed by atoms with E-state index >= 15 is 0 Å². The van der Waals surface area contributed by atoms with Crippen LogP contribution in [-0.4, -0.2) is 28.1 Å². The highest BCUT2D eigenvalue weighted by Crippen LogP contribution is 2.47. The van der Waals surface area contributed by atoms with E-state index in [0.717, 1.165) is 52.4 Å². The van der Waals surface area contributed by atoms with Gasteiger partial charge in [0.05, 0.1) is 17.5 Å². The van der Waals surface area contributed by atoms with Crippen molar-refractivity contribution in [2.45, 2.75) is 85.2 Å². The van der Waals surface area contributed by atoms with E-state index in [1.54, 1.807) is 12.1 Å². The molecule has 7 heteroatoms. The highest BCUT2D eigenvalue weighted by Gasteiger charge is 2.46. The van der Waals surface area contributed by atoms with Crippen LogP contribution in [0.25, 0.3) is 0 Å². The summed E-state index contributed by atoms with van der Waals surface area (Å²) in [5.74, 6) is 4.11. The molecule has 1 spiro atoms. The van der Waals surface area contributed by atoms with E-state index in [2.05, 4.69) is 59.6 Å². The number of fused-ring (bicyclic) bond motifs is 1. The largest absolute Gasteiger partial charge is 0.507 e. The predicted molar refractivity (Wildman–Crippen MR) is 162 cm³/mol. The molecule has 0 saturated heterocycles. The van der Waals surface area contributed by atoms with Gasteiger partial charge < -0.3 is 9.84 Å². The van der Waals surface area contributed by atoms with Crippen molar-refractivity contribution in [3.63, 3.8) is 0 Å². The summed E-state index contributed by atoms with van der Waals surface area (Å²) in [7, 11) is 0. The minimum absolute atomic E-state index is 0.0284. The lowest BCUT2D eigenvalue weighted by atomic mass is 9.86. The molecule has 2 aromatic rings. The third-order valence-electron chi connectivity index (χ3n) is 8.16. The maximum atomic E-state index is 12.4. The fourth-order valence-corrected chi connectivity index (χ4v) is 6.34. The second kappa shape index (κ2) is 13.6. The Morgan fingerprint density at radius 3 is 2.13 bits per heavy atom. The number of ether oxygens (including phenoxy) is 1. The van der Waals surface area contributed by atoms with Crippen molar-refractivity contribution in [2.24, 2.45) is 23.7 Å². The van der Waals surface area contributed by atoms with Gasteiger partial charge in [-0.05, 0) is 92.7 Å². The number of hydrogen-bond acceptors (Lipinski definition) is 5. The lowest BCUT2D eigenvalue weighted by Gasteiger charge is -2.35. The third-order valence-corrected chi connectivity index (χ3v) is 9.15. The summed E-state index contributed by atoms with van der Waals surface area (Å²) in [6.07, 6.45) is 6.57. The number of halogens is 2. The second-order valence-electron chi connectivity index (χ2n) is 11.8. The smallest absolute Gasteiger partial charge is 0.170 e. The van der Waals surface area contributed by atoms with Crippen LogP contribution in [0.3, 0.4) is 0 Å². The van der Waals surface area contributed by atoms with Crippen LogP contribution < -0.4 is 4.74 Å². The Hall–Kier alpha value is -1.99. The fraction of sp³-hybridized carbons (Fsp3) is 0.531. The molecule has 2 aliphatic carbocycles. The average molecular weight is 664 g/mol. The van der Waals surface area contributed by atoms with E-state index in [4.69, 9.17) is 9.84 Å². The van der Waals surface area contributed by atoms with E-state index in [-0.39, 0.29) is 22.9 Å². The van der Waals surface area contributed by atoms with Crippen molar-refractivity contribution in [2.75, 3.05) is 0 Å². The molecule has 2 aromatic carbocycles. The molecule has 39 heavy (non-hydrogen) atoms. The molecule has 1 N–H and O–H groups in total. The summed E-state index contributed by atoms with van der Waals surface area (Å²) in [5, 5.41) is 9.16. The highest BCUT2D eigenvalue weighted by atomic mass is 79.9. The van der Waals surface area contributed by atoms with Gasteiger partial charge in [-0.3, -0.25) is 14.4 Å². The van der Waals surface area contributed by atoms with Gasteiger partial charge in [0.1, 0.15) is 22.9 Å². The van der Waals surface area contributed by atoms with Crippen LogP contribution >= 0.6 is 31.9 Å². The molecule has 1 aliphatic heterocycles. The molecule has 0 bridgehead atoms. The number of phenols is 1. The number of phenolic OH excluding ortho intramolecular Hbond substituents is 1. The lowest BCUT2D eigenvalue weighted by Crippen LogP contribution is -2.40. The molecule has 0 aromatic heterocycles. The zero-order chi connectivity index (χ0) is 28.9. The molecule has 2 fully saturated rings. The van der Waals surface area contributed by atoms with Gasteiger partial charge >= 0.3 is 0 Å². The van der Waals surface area contributed by atoms with E-state index < -0.39 is 0 Å². The summed E-state index contributed by atoms with van der Waals surface area (Å²) >= 11 is 6.61. The number of Topliss-reactive ketones (excluding diaryl/α,β-unsaturated/α-hetero) is 3. The predicted octanol–water partition coefficient (Wildman–Crippen LogP) is 8.98. The summed E-state index contributed by atoms with van der Waals surface area (Å²) in [4.78, 5) is 34.0. The maximum Gasteiger partial charge on any atom is 0.170 e. The van der Waals surface area contributed by atoms with Gasteiger partial charge in [0.2, 0.25) is 0 Å². The summed E-state index contributed by atoms with van der Waals surface area (Å²) in [6.45, 7) is 10.3. The topological polar surface area (TPSA) is 80.7 Å². The van der Waals surface area contributed by atoms with E-state index in [1.807, 2.05) is 18.2 Å². The highest BCUT2D eigenvalue weighted by molar-refractivity contribution is 9.10. The van der Waals surface area contributed by atoms with Crippen LogP contribution in [0.5, 0.6) is 11.5 Å². The summed E-state index contributed by atoms with van der Waals surface area (Å²) < 4.78 is 7.97. The number of carbonyl (C=O) groups excluding carboxylic acids is 3. The Bertz CT molecular complexity index is 1210. The van der Waals surface area contributed by atoms with Gasteiger partial charge in [-0.2, -0.15) is 0 Å². The number of carbonyl (C=O) groups is 3. The molecule has 0 amide bonds. The van der Waals surface area contributed by atoms with E-state index in [9.17, 15) is 14.4 Å². The van der Waals surface area contributed by atoms with Crippen LogP contribution in [0, 0.1) is 23.7 Å². The molecule has 5 rings (SSSR count). The third kappa shape index (κ3) is 8.50. The summed E-state index contributed by atoms with van der Waals surface area (Å²) in [6, 6.07) is 10.5. The van der Waals surface area contributed by atoms with Crippen LogP contribution in [0.1, 0.15) is 100 Å². The van der Waals surface area contributed by atoms with Crippen molar-refractivity contribution in [3.8, 4) is 11.5 Å². The molecular weight excluding hydrogens is 624 g/mol. The van der Waals surface area contributed by atoms with Gasteiger partial charge in [-0.1, -0.05) is 59.6 Å². The monoisotopic (exact) mass is 662 g/mol. The molecule has 5 nitrogen and oxygen atoms in total. The quantitative estimate of drug-likeness (QED) is 0.332. The summed E-state index contributed by atoms with van der Waals surface area (Å²) in [5.41, 5.74) is 0.847. The van der Waals surface area contributed by atoms with Crippen LogP contribution in [-0.2, 0) is 4.79 Å². The minimum atomic E-state index is -0.229. The Labute approximate surface area is 249 Å². The van der Waals surface area contributed by atoms with Crippen molar-refractivity contribution < 1.29 is 24.2 Å². The Balaban J connectivity index is 0.000000179. The minimum Gasteiger partial charge on any atom is -0.507 e. The molecule has 3 unspecified atom stereocenters. The lowest BCUT2D eigenvalue weighted by molar-refractivity contribution is -0.117. The van der Waals surface area contributed by atoms with Crippen molar-refractivity contribution in [1.82, 2.24) is 0 Å². The molecular formula is C32H40Br2O5. The number of ketones is 3. The first-order valence-electron chi connectivity index (χ1n) is 13.8. The van der Waals surface area contributed by atoms with Crippen molar-refractivity contribution in [1.29, 1.82) is 0 Å². The van der Waals surface area contributed by atoms with Gasteiger partial charge in [-0.25, -0.2) is 0 Å². The normalized spacial score (nSPS) is 23.6. The zero-order valence-electron chi connectivity index (χ0n) is 23.6. The van der Waals surface area contributed by atoms with Crippen molar-refractivity contribution >= 4 is 49.2 Å². The second-order valence-corrected chi connectivity index (χ2v) is 13.6. The first-order chi connectivity index (χ1) is 18.3. The number of hydrogen-bond donors (Lipinski definition) is 1. The van der Waals surface area contributed by atoms with Gasteiger partial charge in [-0.15, -0.1) is 0 Å². The Morgan fingerprint density at radius 1 is 0.974 bits per heavy atom. The van der Waals surface area contributed by atoms with Crippen LogP contribution in [0.15, 0.2) is 45.3 Å². The standard InChI is InChI=1S/C16H19BrO2.C8H7BrO2.C8H14O/c1-10(2)11-5-6-16(8-11)9-14(18)13-7-12(17)3-4-15(13)19-16;1-5(10)7-4-6(9)2-3-8(7)11;1-6(2)7-3-4-8(9)5-7/h3-4,7,10-11H,5-6,8-9H2,1-2H3;2-4,11H,1H3;6-7H,3-5H2,1-2H3. The number of rotatable bonds is 3. The maximum absolute atomic E-state index is 12.4. The number of benzene rings is 2. The molecule has 1 heterocycles. The Kier molecular flexibility index (Phi) is 11.0. The molecule has 2 saturated carbocycles. The van der Waals surface area contributed by atoms with Gasteiger partial charge in [0.15, 0.2) is 11.6 Å². The zero-order valence-corrected chi connectivity index (χ0v) is 26.7. The molecule has 3 aliphatic rings. The SMILES string of the molecule is CC(=O)c1cc(Br)ccc1O.CC(C)C1CCC(=O)C1.CC(C)C1CCC2(CC(=O)c3cc(Br)ccc3O2)C1. The first kappa shape index (κ1) is 31.5. The molecule has 3 atom stereocenters. The van der Waals surface area contributed by atoms with Gasteiger partial charge in [0.25, 0.3) is 0 Å². The van der Waals surface area contributed by atoms with Crippen LogP contribution in [0.2, 0.25) is 0 Å². The number of aromatic hydroxyl groups is 1. The van der Waals surface area contributed by atoms with E-state index in [1.165, 1.54) is 19.4 Å². The van der Waals surface area contributed by atoms with Crippen molar-refractivity contribution in [3.05, 3.63) is 56.5 Å². The molecule has 212 valence electrons. The molecule has 0 radical (unpaired) electrons.